The average Bonchev–Trinajstić information content (AvgIpc) is 2.15. The van der Waals surface area contributed by atoms with Gasteiger partial charge in [0.1, 0.15) is 0 Å². The molecule has 82 valence electrons. The molecule has 0 fully saturated rings. The van der Waals surface area contributed by atoms with Gasteiger partial charge in [-0.1, -0.05) is 0 Å². The molecule has 0 saturated carbocycles. The van der Waals surface area contributed by atoms with Crippen molar-refractivity contribution >= 4 is 26.0 Å². The first-order chi connectivity index (χ1) is 6.92. The molecule has 15 heavy (non-hydrogen) atoms. The summed E-state index contributed by atoms with van der Waals surface area (Å²) in [5.41, 5.74) is 0.634. The Balaban J connectivity index is 2.75. The maximum atomic E-state index is 11.7. The van der Waals surface area contributed by atoms with Crippen molar-refractivity contribution in [2.24, 2.45) is 0 Å². The van der Waals surface area contributed by atoms with Crippen molar-refractivity contribution in [3.63, 3.8) is 0 Å². The van der Waals surface area contributed by atoms with E-state index < -0.39 is 8.32 Å². The Bertz CT molecular complexity index is 341. The second kappa shape index (κ2) is 4.85. The Kier molecular flexibility index (Phi) is 3.99. The third-order valence-electron chi connectivity index (χ3n) is 1.72. The summed E-state index contributed by atoms with van der Waals surface area (Å²) < 4.78 is 5.39. The SMILES string of the molecule is CSc1ccc(C(=O)O[Si](C)(C)C)cc1. The standard InChI is InChI=1S/C11H16O2SSi/c1-14-10-7-5-9(6-8-10)11(12)13-15(2,3)4/h5-8H,1-4H3. The van der Waals surface area contributed by atoms with Gasteiger partial charge in [0.25, 0.3) is 0 Å². The van der Waals surface area contributed by atoms with Crippen LogP contribution in [-0.4, -0.2) is 20.5 Å². The molecule has 0 bridgehead atoms. The second-order valence-corrected chi connectivity index (χ2v) is 9.54. The summed E-state index contributed by atoms with van der Waals surface area (Å²) >= 11 is 1.66. The third kappa shape index (κ3) is 4.09. The van der Waals surface area contributed by atoms with E-state index in [1.165, 1.54) is 0 Å². The highest BCUT2D eigenvalue weighted by Gasteiger charge is 2.20. The molecule has 0 aliphatic heterocycles. The van der Waals surface area contributed by atoms with Crippen LogP contribution in [0.2, 0.25) is 19.6 Å². The molecule has 0 radical (unpaired) electrons. The molecule has 0 aliphatic carbocycles. The highest BCUT2D eigenvalue weighted by Crippen LogP contribution is 2.16. The zero-order valence-electron chi connectivity index (χ0n) is 9.53. The minimum atomic E-state index is -1.78. The zero-order valence-corrected chi connectivity index (χ0v) is 11.4. The predicted molar refractivity (Wildman–Crippen MR) is 67.0 cm³/mol. The van der Waals surface area contributed by atoms with Crippen molar-refractivity contribution in [2.75, 3.05) is 6.26 Å². The lowest BCUT2D eigenvalue weighted by molar-refractivity contribution is 0.0724. The van der Waals surface area contributed by atoms with Gasteiger partial charge in [-0.3, -0.25) is 0 Å². The number of carbonyl (C=O) groups is 1. The number of hydrogen-bond donors (Lipinski definition) is 0. The van der Waals surface area contributed by atoms with E-state index in [0.29, 0.717) is 5.56 Å². The molecule has 1 aromatic carbocycles. The third-order valence-corrected chi connectivity index (χ3v) is 3.27. The number of thioether (sulfide) groups is 1. The Hall–Kier alpha value is -0.743. The van der Waals surface area contributed by atoms with Gasteiger partial charge in [-0.2, -0.15) is 0 Å². The number of rotatable bonds is 3. The number of benzene rings is 1. The summed E-state index contributed by atoms with van der Waals surface area (Å²) in [6, 6.07) is 7.50. The van der Waals surface area contributed by atoms with Crippen LogP contribution < -0.4 is 0 Å². The van der Waals surface area contributed by atoms with E-state index in [1.807, 2.05) is 50.2 Å². The van der Waals surface area contributed by atoms with Crippen molar-refractivity contribution in [1.82, 2.24) is 0 Å². The molecule has 0 aromatic heterocycles. The zero-order chi connectivity index (χ0) is 11.5. The molecule has 0 N–H and O–H groups in total. The molecule has 2 nitrogen and oxygen atoms in total. The van der Waals surface area contributed by atoms with Gasteiger partial charge < -0.3 is 4.43 Å². The lowest BCUT2D eigenvalue weighted by Gasteiger charge is -2.17. The Labute approximate surface area is 96.2 Å². The fraction of sp³-hybridized carbons (Fsp3) is 0.364. The highest BCUT2D eigenvalue weighted by atomic mass is 32.2. The van der Waals surface area contributed by atoms with Gasteiger partial charge in [-0.15, -0.1) is 11.8 Å². The van der Waals surface area contributed by atoms with Crippen molar-refractivity contribution in [3.8, 4) is 0 Å². The maximum Gasteiger partial charge on any atom is 0.324 e. The van der Waals surface area contributed by atoms with Gasteiger partial charge in [0.15, 0.2) is 0 Å². The van der Waals surface area contributed by atoms with Crippen LogP contribution in [0.4, 0.5) is 0 Å². The van der Waals surface area contributed by atoms with Crippen LogP contribution in [0.3, 0.4) is 0 Å². The molecule has 0 saturated heterocycles. The van der Waals surface area contributed by atoms with Gasteiger partial charge in [-0.25, -0.2) is 4.79 Å². The maximum absolute atomic E-state index is 11.7. The molecule has 0 amide bonds. The fourth-order valence-corrected chi connectivity index (χ4v) is 2.15. The van der Waals surface area contributed by atoms with Gasteiger partial charge in [0, 0.05) is 4.90 Å². The quantitative estimate of drug-likeness (QED) is 0.598. The van der Waals surface area contributed by atoms with Crippen molar-refractivity contribution in [3.05, 3.63) is 29.8 Å². The molecule has 4 heteroatoms. The number of carbonyl (C=O) groups excluding carboxylic acids is 1. The summed E-state index contributed by atoms with van der Waals surface area (Å²) in [5, 5.41) is 0. The van der Waals surface area contributed by atoms with Gasteiger partial charge in [0.2, 0.25) is 8.32 Å². The van der Waals surface area contributed by atoms with Gasteiger partial charge in [0.05, 0.1) is 5.56 Å². The predicted octanol–water partition coefficient (Wildman–Crippen LogP) is 3.40. The van der Waals surface area contributed by atoms with Crippen LogP contribution in [0.1, 0.15) is 10.4 Å². The average molecular weight is 240 g/mol. The molecule has 0 unspecified atom stereocenters. The van der Waals surface area contributed by atoms with E-state index in [0.717, 1.165) is 4.90 Å². The van der Waals surface area contributed by atoms with Crippen LogP contribution in [0.15, 0.2) is 29.2 Å². The molecular weight excluding hydrogens is 224 g/mol. The monoisotopic (exact) mass is 240 g/mol. The molecule has 0 aliphatic rings. The summed E-state index contributed by atoms with van der Waals surface area (Å²) in [6.07, 6.45) is 2.01. The van der Waals surface area contributed by atoms with Gasteiger partial charge in [-0.05, 0) is 50.2 Å². The van der Waals surface area contributed by atoms with Crippen molar-refractivity contribution < 1.29 is 9.22 Å². The Morgan fingerprint density at radius 1 is 1.20 bits per heavy atom. The van der Waals surface area contributed by atoms with Crippen LogP contribution in [0, 0.1) is 0 Å². The van der Waals surface area contributed by atoms with E-state index in [-0.39, 0.29) is 5.97 Å². The normalized spacial score (nSPS) is 11.2. The summed E-state index contributed by atoms with van der Waals surface area (Å²) in [7, 11) is -1.78. The lowest BCUT2D eigenvalue weighted by Crippen LogP contribution is -2.29. The van der Waals surface area contributed by atoms with Crippen molar-refractivity contribution in [2.45, 2.75) is 24.5 Å². The first kappa shape index (κ1) is 12.3. The number of hydrogen-bond acceptors (Lipinski definition) is 3. The molecular formula is C11H16O2SSi. The minimum Gasteiger partial charge on any atom is -0.516 e. The highest BCUT2D eigenvalue weighted by molar-refractivity contribution is 7.98. The largest absolute Gasteiger partial charge is 0.516 e. The first-order valence-electron chi connectivity index (χ1n) is 4.80. The van der Waals surface area contributed by atoms with E-state index >= 15 is 0 Å². The second-order valence-electron chi connectivity index (χ2n) is 4.23. The van der Waals surface area contributed by atoms with Crippen LogP contribution in [-0.2, 0) is 4.43 Å². The molecule has 1 aromatic rings. The summed E-state index contributed by atoms with van der Waals surface area (Å²) in [4.78, 5) is 12.8. The molecule has 0 heterocycles. The molecule has 0 spiro atoms. The van der Waals surface area contributed by atoms with E-state index in [9.17, 15) is 4.79 Å². The van der Waals surface area contributed by atoms with E-state index in [1.54, 1.807) is 11.8 Å². The summed E-state index contributed by atoms with van der Waals surface area (Å²) in [5.74, 6) is -0.207. The van der Waals surface area contributed by atoms with Crippen LogP contribution >= 0.6 is 11.8 Å². The topological polar surface area (TPSA) is 26.3 Å². The van der Waals surface area contributed by atoms with Crippen LogP contribution in [0.5, 0.6) is 0 Å². The fourth-order valence-electron chi connectivity index (χ4n) is 1.06. The Morgan fingerprint density at radius 2 is 1.73 bits per heavy atom. The van der Waals surface area contributed by atoms with E-state index in [4.69, 9.17) is 4.43 Å². The molecule has 1 rings (SSSR count). The van der Waals surface area contributed by atoms with Crippen molar-refractivity contribution in [1.29, 1.82) is 0 Å². The van der Waals surface area contributed by atoms with Gasteiger partial charge >= 0.3 is 5.97 Å². The summed E-state index contributed by atoms with van der Waals surface area (Å²) in [6.45, 7) is 6.00. The minimum absolute atomic E-state index is 0.207. The molecule has 0 atom stereocenters. The smallest absolute Gasteiger partial charge is 0.324 e. The lowest BCUT2D eigenvalue weighted by atomic mass is 10.2. The Morgan fingerprint density at radius 3 is 2.13 bits per heavy atom. The first-order valence-corrected chi connectivity index (χ1v) is 9.43. The van der Waals surface area contributed by atoms with E-state index in [2.05, 4.69) is 0 Å². The van der Waals surface area contributed by atoms with Crippen LogP contribution in [0.25, 0.3) is 0 Å².